The van der Waals surface area contributed by atoms with E-state index in [1.165, 1.54) is 16.7 Å². The van der Waals surface area contributed by atoms with Gasteiger partial charge in [0, 0.05) is 12.6 Å². The minimum atomic E-state index is 0.267. The molecule has 1 N–H and O–H groups in total. The molecule has 1 unspecified atom stereocenters. The molecule has 0 aromatic heterocycles. The SMILES string of the molecule is CC1=C(c2ccccc2)C(C(C)(C)C)NC1. The molecule has 1 aliphatic rings. The Labute approximate surface area is 98.6 Å². The first-order valence-corrected chi connectivity index (χ1v) is 5.98. The van der Waals surface area contributed by atoms with Crippen molar-refractivity contribution in [2.45, 2.75) is 33.7 Å². The third kappa shape index (κ3) is 2.05. The van der Waals surface area contributed by atoms with Gasteiger partial charge in [-0.3, -0.25) is 0 Å². The fraction of sp³-hybridized carbons (Fsp3) is 0.467. The smallest absolute Gasteiger partial charge is 0.0377 e. The van der Waals surface area contributed by atoms with Crippen molar-refractivity contribution in [1.82, 2.24) is 5.32 Å². The van der Waals surface area contributed by atoms with Gasteiger partial charge >= 0.3 is 0 Å². The maximum atomic E-state index is 3.62. The Morgan fingerprint density at radius 3 is 2.31 bits per heavy atom. The summed E-state index contributed by atoms with van der Waals surface area (Å²) in [6.07, 6.45) is 0. The number of hydrogen-bond acceptors (Lipinski definition) is 1. The van der Waals surface area contributed by atoms with Crippen molar-refractivity contribution in [2.24, 2.45) is 5.41 Å². The number of nitrogens with one attached hydrogen (secondary N) is 1. The summed E-state index contributed by atoms with van der Waals surface area (Å²) in [6.45, 7) is 10.2. The first kappa shape index (κ1) is 11.4. The maximum absolute atomic E-state index is 3.62. The molecule has 0 amide bonds. The Morgan fingerprint density at radius 1 is 1.12 bits per heavy atom. The molecule has 0 bridgehead atoms. The lowest BCUT2D eigenvalue weighted by Gasteiger charge is -2.30. The molecule has 0 saturated carbocycles. The predicted octanol–water partition coefficient (Wildman–Crippen LogP) is 3.48. The predicted molar refractivity (Wildman–Crippen MR) is 70.3 cm³/mol. The van der Waals surface area contributed by atoms with Crippen LogP contribution < -0.4 is 5.32 Å². The zero-order chi connectivity index (χ0) is 11.8. The summed E-state index contributed by atoms with van der Waals surface area (Å²) >= 11 is 0. The van der Waals surface area contributed by atoms with Gasteiger partial charge in [0.1, 0.15) is 0 Å². The average molecular weight is 215 g/mol. The molecule has 0 radical (unpaired) electrons. The van der Waals surface area contributed by atoms with E-state index in [9.17, 15) is 0 Å². The Bertz CT molecular complexity index is 395. The molecule has 1 atom stereocenters. The highest BCUT2D eigenvalue weighted by Crippen LogP contribution is 2.36. The van der Waals surface area contributed by atoms with E-state index in [0.29, 0.717) is 6.04 Å². The van der Waals surface area contributed by atoms with E-state index in [2.05, 4.69) is 63.3 Å². The van der Waals surface area contributed by atoms with E-state index in [0.717, 1.165) is 6.54 Å². The molecule has 0 fully saturated rings. The molecule has 0 aliphatic carbocycles. The van der Waals surface area contributed by atoms with Crippen molar-refractivity contribution in [3.63, 3.8) is 0 Å². The van der Waals surface area contributed by atoms with Crippen molar-refractivity contribution < 1.29 is 0 Å². The van der Waals surface area contributed by atoms with E-state index in [1.54, 1.807) is 0 Å². The number of benzene rings is 1. The van der Waals surface area contributed by atoms with Crippen molar-refractivity contribution in [3.05, 3.63) is 41.5 Å². The van der Waals surface area contributed by atoms with Gasteiger partial charge in [-0.25, -0.2) is 0 Å². The Kier molecular flexibility index (Phi) is 2.90. The van der Waals surface area contributed by atoms with Gasteiger partial charge in [0.05, 0.1) is 0 Å². The molecule has 1 aliphatic heterocycles. The number of hydrogen-bond donors (Lipinski definition) is 1. The molecule has 1 heteroatoms. The molecule has 1 aromatic rings. The molecular weight excluding hydrogens is 194 g/mol. The molecule has 1 nitrogen and oxygen atoms in total. The first-order valence-electron chi connectivity index (χ1n) is 5.98. The molecule has 16 heavy (non-hydrogen) atoms. The summed E-state index contributed by atoms with van der Waals surface area (Å²) in [4.78, 5) is 0. The van der Waals surface area contributed by atoms with E-state index >= 15 is 0 Å². The lowest BCUT2D eigenvalue weighted by Crippen LogP contribution is -2.37. The van der Waals surface area contributed by atoms with Crippen LogP contribution in [0.5, 0.6) is 0 Å². The summed E-state index contributed by atoms with van der Waals surface area (Å²) < 4.78 is 0. The molecule has 1 heterocycles. The van der Waals surface area contributed by atoms with Gasteiger partial charge in [-0.2, -0.15) is 0 Å². The minimum Gasteiger partial charge on any atom is -0.306 e. The van der Waals surface area contributed by atoms with Crippen LogP contribution in [0.4, 0.5) is 0 Å². The van der Waals surface area contributed by atoms with Crippen molar-refractivity contribution in [1.29, 1.82) is 0 Å². The maximum Gasteiger partial charge on any atom is 0.0377 e. The van der Waals surface area contributed by atoms with Crippen molar-refractivity contribution in [2.75, 3.05) is 6.54 Å². The highest BCUT2D eigenvalue weighted by atomic mass is 15.0. The Balaban J connectivity index is 2.42. The second kappa shape index (κ2) is 4.06. The monoisotopic (exact) mass is 215 g/mol. The van der Waals surface area contributed by atoms with Crippen LogP contribution >= 0.6 is 0 Å². The summed E-state index contributed by atoms with van der Waals surface area (Å²) in [6, 6.07) is 11.2. The summed E-state index contributed by atoms with van der Waals surface area (Å²) in [7, 11) is 0. The van der Waals surface area contributed by atoms with E-state index in [-0.39, 0.29) is 5.41 Å². The molecule has 0 saturated heterocycles. The van der Waals surface area contributed by atoms with Crippen LogP contribution in [0, 0.1) is 5.41 Å². The lowest BCUT2D eigenvalue weighted by atomic mass is 9.80. The zero-order valence-corrected chi connectivity index (χ0v) is 10.7. The van der Waals surface area contributed by atoms with E-state index in [1.807, 2.05) is 0 Å². The zero-order valence-electron chi connectivity index (χ0n) is 10.7. The first-order chi connectivity index (χ1) is 7.50. The van der Waals surface area contributed by atoms with Gasteiger partial charge in [-0.1, -0.05) is 56.7 Å². The van der Waals surface area contributed by atoms with E-state index in [4.69, 9.17) is 0 Å². The Morgan fingerprint density at radius 2 is 1.75 bits per heavy atom. The third-order valence-corrected chi connectivity index (χ3v) is 3.27. The van der Waals surface area contributed by atoms with Crippen molar-refractivity contribution in [3.8, 4) is 0 Å². The minimum absolute atomic E-state index is 0.267. The highest BCUT2D eigenvalue weighted by molar-refractivity contribution is 5.75. The van der Waals surface area contributed by atoms with Gasteiger partial charge in [0.2, 0.25) is 0 Å². The lowest BCUT2D eigenvalue weighted by molar-refractivity contribution is 0.339. The van der Waals surface area contributed by atoms with E-state index < -0.39 is 0 Å². The fourth-order valence-electron chi connectivity index (χ4n) is 2.47. The van der Waals surface area contributed by atoms with Crippen LogP contribution in [0.25, 0.3) is 5.57 Å². The molecule has 1 aromatic carbocycles. The Hall–Kier alpha value is -1.08. The molecular formula is C15H21N. The average Bonchev–Trinajstić information content (AvgIpc) is 2.61. The summed E-state index contributed by atoms with van der Waals surface area (Å²) in [5, 5.41) is 3.62. The second-order valence-corrected chi connectivity index (χ2v) is 5.74. The highest BCUT2D eigenvalue weighted by Gasteiger charge is 2.33. The third-order valence-electron chi connectivity index (χ3n) is 3.27. The van der Waals surface area contributed by atoms with Crippen LogP contribution in [0.3, 0.4) is 0 Å². The normalized spacial score (nSPS) is 21.6. The summed E-state index contributed by atoms with van der Waals surface area (Å²) in [5.74, 6) is 0. The van der Waals surface area contributed by atoms with Crippen LogP contribution in [-0.4, -0.2) is 12.6 Å². The van der Waals surface area contributed by atoms with Crippen LogP contribution in [-0.2, 0) is 0 Å². The standard InChI is InChI=1S/C15H21N/c1-11-10-16-14(15(2,3)4)13(11)12-8-6-5-7-9-12/h5-9,14,16H,10H2,1-4H3. The van der Waals surface area contributed by atoms with Crippen molar-refractivity contribution >= 4 is 5.57 Å². The van der Waals surface area contributed by atoms with Gasteiger partial charge in [-0.15, -0.1) is 0 Å². The second-order valence-electron chi connectivity index (χ2n) is 5.74. The van der Waals surface area contributed by atoms with Crippen LogP contribution in [0.1, 0.15) is 33.3 Å². The molecule has 2 rings (SSSR count). The molecule has 86 valence electrons. The molecule has 0 spiro atoms. The topological polar surface area (TPSA) is 12.0 Å². The van der Waals surface area contributed by atoms with Gasteiger partial charge in [0.25, 0.3) is 0 Å². The van der Waals surface area contributed by atoms with Crippen LogP contribution in [0.2, 0.25) is 0 Å². The quantitative estimate of drug-likeness (QED) is 0.756. The van der Waals surface area contributed by atoms with Crippen LogP contribution in [0.15, 0.2) is 35.9 Å². The number of rotatable bonds is 1. The fourth-order valence-corrected chi connectivity index (χ4v) is 2.47. The van der Waals surface area contributed by atoms with Gasteiger partial charge in [-0.05, 0) is 23.5 Å². The van der Waals surface area contributed by atoms with Gasteiger partial charge in [0.15, 0.2) is 0 Å². The largest absolute Gasteiger partial charge is 0.306 e. The summed E-state index contributed by atoms with van der Waals surface area (Å²) in [5.41, 5.74) is 4.60. The van der Waals surface area contributed by atoms with Gasteiger partial charge < -0.3 is 5.32 Å².